The molecule has 0 bridgehead atoms. The molecule has 1 aromatic rings. The topological polar surface area (TPSA) is 36.9 Å². The fourth-order valence-corrected chi connectivity index (χ4v) is 2.86. The van der Waals surface area contributed by atoms with Gasteiger partial charge in [0.25, 0.3) is 0 Å². The molecule has 0 amide bonds. The van der Waals surface area contributed by atoms with Crippen LogP contribution in [0.3, 0.4) is 0 Å². The first-order valence-electron chi connectivity index (χ1n) is 7.67. The summed E-state index contributed by atoms with van der Waals surface area (Å²) in [6, 6.07) is 10.1. The van der Waals surface area contributed by atoms with Crippen LogP contribution in [0.5, 0.6) is 0 Å². The minimum Gasteiger partial charge on any atom is -0.373 e. The number of rotatable bonds is 6. The van der Waals surface area contributed by atoms with Crippen LogP contribution in [0.2, 0.25) is 0 Å². The summed E-state index contributed by atoms with van der Waals surface area (Å²) in [7, 11) is 0. The monoisotopic (exact) mass is 302 g/mol. The van der Waals surface area contributed by atoms with Crippen molar-refractivity contribution in [2.75, 3.05) is 19.8 Å². The van der Waals surface area contributed by atoms with E-state index in [0.717, 1.165) is 0 Å². The molecule has 0 aromatic heterocycles. The first kappa shape index (κ1) is 15.4. The Kier molecular flexibility index (Phi) is 5.05. The van der Waals surface area contributed by atoms with Crippen molar-refractivity contribution in [1.29, 1.82) is 0 Å². The molecule has 2 saturated heterocycles. The number of hydrogen-bond donors (Lipinski definition) is 0. The summed E-state index contributed by atoms with van der Waals surface area (Å²) in [5, 5.41) is 0. The van der Waals surface area contributed by atoms with Crippen molar-refractivity contribution in [3.8, 4) is 0 Å². The van der Waals surface area contributed by atoms with Gasteiger partial charge in [-0.2, -0.15) is 0 Å². The van der Waals surface area contributed by atoms with Crippen LogP contribution < -0.4 is 0 Å². The third-order valence-corrected chi connectivity index (χ3v) is 3.91. The Morgan fingerprint density at radius 3 is 2.73 bits per heavy atom. The van der Waals surface area contributed by atoms with Gasteiger partial charge >= 0.3 is 0 Å². The molecule has 1 aromatic carbocycles. The van der Waals surface area contributed by atoms with Gasteiger partial charge in [-0.05, 0) is 5.56 Å². The van der Waals surface area contributed by atoms with E-state index in [4.69, 9.17) is 18.9 Å². The Bertz CT molecular complexity index is 505. The SMILES string of the molecule is C=C[C@H]1O[C@@H](/C=C/COCc2ccccc2)CC12OCCO2. The molecule has 2 heterocycles. The van der Waals surface area contributed by atoms with Crippen molar-refractivity contribution in [2.24, 2.45) is 0 Å². The van der Waals surface area contributed by atoms with Crippen molar-refractivity contribution in [3.63, 3.8) is 0 Å². The zero-order valence-electron chi connectivity index (χ0n) is 12.6. The number of hydrogen-bond acceptors (Lipinski definition) is 4. The van der Waals surface area contributed by atoms with Crippen molar-refractivity contribution in [3.05, 3.63) is 60.7 Å². The zero-order chi connectivity index (χ0) is 15.3. The van der Waals surface area contributed by atoms with E-state index in [1.165, 1.54) is 5.56 Å². The lowest BCUT2D eigenvalue weighted by Crippen LogP contribution is -2.37. The molecule has 0 aliphatic carbocycles. The fourth-order valence-electron chi connectivity index (χ4n) is 2.86. The van der Waals surface area contributed by atoms with E-state index in [9.17, 15) is 0 Å². The van der Waals surface area contributed by atoms with E-state index in [1.807, 2.05) is 30.4 Å². The van der Waals surface area contributed by atoms with Crippen LogP contribution in [0.4, 0.5) is 0 Å². The van der Waals surface area contributed by atoms with Crippen molar-refractivity contribution >= 4 is 0 Å². The lowest BCUT2D eigenvalue weighted by molar-refractivity contribution is -0.175. The predicted octanol–water partition coefficient (Wildman–Crippen LogP) is 2.85. The Morgan fingerprint density at radius 2 is 2.00 bits per heavy atom. The standard InChI is InChI=1S/C18H22O4/c1-2-17-18(20-11-12-21-18)13-16(22-17)9-6-10-19-14-15-7-4-3-5-8-15/h2-9,16-17H,1,10-14H2/b9-6+/t16-,17+/m0/s1. The molecule has 2 aliphatic rings. The average molecular weight is 302 g/mol. The van der Waals surface area contributed by atoms with Gasteiger partial charge in [-0.25, -0.2) is 0 Å². The van der Waals surface area contributed by atoms with Crippen LogP contribution in [0.1, 0.15) is 12.0 Å². The Balaban J connectivity index is 1.44. The Morgan fingerprint density at radius 1 is 1.23 bits per heavy atom. The Labute approximate surface area is 131 Å². The van der Waals surface area contributed by atoms with Gasteiger partial charge in [0.15, 0.2) is 0 Å². The van der Waals surface area contributed by atoms with Crippen LogP contribution in [0, 0.1) is 0 Å². The van der Waals surface area contributed by atoms with Gasteiger partial charge in [0.05, 0.1) is 32.5 Å². The summed E-state index contributed by atoms with van der Waals surface area (Å²) in [6.07, 6.45) is 6.21. The van der Waals surface area contributed by atoms with Crippen LogP contribution >= 0.6 is 0 Å². The molecular weight excluding hydrogens is 280 g/mol. The second-order valence-corrected chi connectivity index (χ2v) is 5.47. The highest BCUT2D eigenvalue weighted by molar-refractivity contribution is 5.13. The third kappa shape index (κ3) is 3.47. The molecule has 0 radical (unpaired) electrons. The summed E-state index contributed by atoms with van der Waals surface area (Å²) in [5.74, 6) is -0.637. The fraction of sp³-hybridized carbons (Fsp3) is 0.444. The first-order valence-corrected chi connectivity index (χ1v) is 7.67. The summed E-state index contributed by atoms with van der Waals surface area (Å²) in [5.41, 5.74) is 1.17. The van der Waals surface area contributed by atoms with E-state index >= 15 is 0 Å². The summed E-state index contributed by atoms with van der Waals surface area (Å²) < 4.78 is 23.0. The largest absolute Gasteiger partial charge is 0.373 e. The molecule has 4 nitrogen and oxygen atoms in total. The molecule has 0 unspecified atom stereocenters. The highest BCUT2D eigenvalue weighted by Crippen LogP contribution is 2.38. The number of ether oxygens (including phenoxy) is 4. The van der Waals surface area contributed by atoms with Crippen LogP contribution in [-0.2, 0) is 25.6 Å². The van der Waals surface area contributed by atoms with E-state index in [0.29, 0.717) is 32.8 Å². The summed E-state index contributed by atoms with van der Waals surface area (Å²) in [6.45, 7) is 6.21. The molecule has 2 aliphatic heterocycles. The highest BCUT2D eigenvalue weighted by atomic mass is 16.8. The van der Waals surface area contributed by atoms with Crippen molar-refractivity contribution in [1.82, 2.24) is 0 Å². The molecule has 0 saturated carbocycles. The molecule has 118 valence electrons. The van der Waals surface area contributed by atoms with Crippen molar-refractivity contribution < 1.29 is 18.9 Å². The van der Waals surface area contributed by atoms with Gasteiger partial charge in [0, 0.05) is 6.42 Å². The summed E-state index contributed by atoms with van der Waals surface area (Å²) >= 11 is 0. The molecule has 22 heavy (non-hydrogen) atoms. The van der Waals surface area contributed by atoms with Gasteiger partial charge in [-0.1, -0.05) is 48.6 Å². The van der Waals surface area contributed by atoms with E-state index in [1.54, 1.807) is 6.08 Å². The predicted molar refractivity (Wildman–Crippen MR) is 83.3 cm³/mol. The molecule has 3 rings (SSSR count). The van der Waals surface area contributed by atoms with Gasteiger partial charge in [-0.15, -0.1) is 6.58 Å². The molecule has 2 atom stereocenters. The van der Waals surface area contributed by atoms with E-state index in [-0.39, 0.29) is 12.2 Å². The van der Waals surface area contributed by atoms with E-state index in [2.05, 4.69) is 18.7 Å². The van der Waals surface area contributed by atoms with Gasteiger partial charge in [0.2, 0.25) is 5.79 Å². The maximum Gasteiger partial charge on any atom is 0.201 e. The van der Waals surface area contributed by atoms with Gasteiger partial charge < -0.3 is 18.9 Å². The minimum atomic E-state index is -0.637. The zero-order valence-corrected chi connectivity index (χ0v) is 12.6. The second-order valence-electron chi connectivity index (χ2n) is 5.47. The molecule has 1 spiro atoms. The highest BCUT2D eigenvalue weighted by Gasteiger charge is 2.51. The summed E-state index contributed by atoms with van der Waals surface area (Å²) in [4.78, 5) is 0. The van der Waals surface area contributed by atoms with Crippen LogP contribution in [0.25, 0.3) is 0 Å². The maximum atomic E-state index is 5.90. The Hall–Kier alpha value is -1.46. The van der Waals surface area contributed by atoms with Gasteiger partial charge in [-0.3, -0.25) is 0 Å². The molecule has 0 N–H and O–H groups in total. The quantitative estimate of drug-likeness (QED) is 0.598. The first-order chi connectivity index (χ1) is 10.8. The third-order valence-electron chi connectivity index (χ3n) is 3.91. The minimum absolute atomic E-state index is 0.0265. The molecule has 2 fully saturated rings. The smallest absolute Gasteiger partial charge is 0.201 e. The normalized spacial score (nSPS) is 26.9. The number of benzene rings is 1. The van der Waals surface area contributed by atoms with Crippen molar-refractivity contribution in [2.45, 2.75) is 31.0 Å². The molecular formula is C18H22O4. The average Bonchev–Trinajstić information content (AvgIpc) is 3.16. The lowest BCUT2D eigenvalue weighted by atomic mass is 10.1. The van der Waals surface area contributed by atoms with Gasteiger partial charge in [0.1, 0.15) is 6.10 Å². The van der Waals surface area contributed by atoms with E-state index < -0.39 is 5.79 Å². The lowest BCUT2D eigenvalue weighted by Gasteiger charge is -2.24. The van der Waals surface area contributed by atoms with Crippen LogP contribution in [0.15, 0.2) is 55.1 Å². The maximum absolute atomic E-state index is 5.90. The second kappa shape index (κ2) is 7.20. The van der Waals surface area contributed by atoms with Crippen LogP contribution in [-0.4, -0.2) is 37.8 Å². The molecule has 4 heteroatoms.